The maximum Gasteiger partial charge on any atom is 0.271 e. The number of aromatic nitrogens is 4. The number of ether oxygens (including phenoxy) is 2. The van der Waals surface area contributed by atoms with Gasteiger partial charge in [-0.25, -0.2) is 4.98 Å². The monoisotopic (exact) mass is 341 g/mol. The van der Waals surface area contributed by atoms with Crippen LogP contribution in [0.3, 0.4) is 0 Å². The first-order valence-corrected chi connectivity index (χ1v) is 8.24. The van der Waals surface area contributed by atoms with Crippen molar-refractivity contribution in [3.05, 3.63) is 48.7 Å². The average molecular weight is 341 g/mol. The van der Waals surface area contributed by atoms with Gasteiger partial charge in [0, 0.05) is 18.9 Å². The number of fused-ring (bicyclic) bond motifs is 1. The number of carbonyl (C=O) groups excluding carboxylic acids is 1. The lowest BCUT2D eigenvalue weighted by Gasteiger charge is -2.19. The maximum atomic E-state index is 12.5. The van der Waals surface area contributed by atoms with Crippen LogP contribution in [0, 0.1) is 0 Å². The molecule has 3 aromatic heterocycles. The minimum atomic E-state index is -0.254. The molecule has 4 heterocycles. The van der Waals surface area contributed by atoms with Gasteiger partial charge >= 0.3 is 0 Å². The molecular formula is C17H19N5O3. The first kappa shape index (κ1) is 15.6. The van der Waals surface area contributed by atoms with E-state index in [1.165, 1.54) is 0 Å². The zero-order valence-electron chi connectivity index (χ0n) is 13.8. The first-order chi connectivity index (χ1) is 12.2. The van der Waals surface area contributed by atoms with E-state index in [0.717, 1.165) is 12.2 Å². The highest BCUT2D eigenvalue weighted by Crippen LogP contribution is 2.17. The number of imidazole rings is 1. The first-order valence-electron chi connectivity index (χ1n) is 8.24. The Morgan fingerprint density at radius 2 is 2.32 bits per heavy atom. The summed E-state index contributed by atoms with van der Waals surface area (Å²) in [5.41, 5.74) is 1.10. The highest BCUT2D eigenvalue weighted by Gasteiger charge is 2.32. The van der Waals surface area contributed by atoms with Crippen LogP contribution in [-0.2, 0) is 11.3 Å². The van der Waals surface area contributed by atoms with Crippen LogP contribution in [-0.4, -0.2) is 50.4 Å². The number of pyridine rings is 1. The topological polar surface area (TPSA) is 82.7 Å². The molecule has 1 N–H and O–H groups in total. The molecule has 1 fully saturated rings. The third-order valence-electron chi connectivity index (χ3n) is 4.16. The smallest absolute Gasteiger partial charge is 0.271 e. The molecule has 1 aliphatic heterocycles. The molecule has 1 aliphatic rings. The molecule has 0 aliphatic carbocycles. The van der Waals surface area contributed by atoms with E-state index in [1.807, 2.05) is 41.9 Å². The molecule has 0 aromatic carbocycles. The summed E-state index contributed by atoms with van der Waals surface area (Å²) >= 11 is 0. The summed E-state index contributed by atoms with van der Waals surface area (Å²) in [7, 11) is 0. The number of amides is 1. The van der Waals surface area contributed by atoms with Gasteiger partial charge in [0.25, 0.3) is 5.91 Å². The Morgan fingerprint density at radius 3 is 3.12 bits per heavy atom. The molecule has 0 bridgehead atoms. The molecule has 1 amide bonds. The molecule has 0 radical (unpaired) electrons. The number of hydrogen-bond acceptors (Lipinski definition) is 5. The van der Waals surface area contributed by atoms with Crippen LogP contribution >= 0.6 is 0 Å². The van der Waals surface area contributed by atoms with Crippen molar-refractivity contribution in [2.75, 3.05) is 13.2 Å². The van der Waals surface area contributed by atoms with Crippen molar-refractivity contribution in [3.63, 3.8) is 0 Å². The fourth-order valence-electron chi connectivity index (χ4n) is 2.82. The van der Waals surface area contributed by atoms with Crippen molar-refractivity contribution in [2.45, 2.75) is 25.6 Å². The van der Waals surface area contributed by atoms with Crippen molar-refractivity contribution in [1.29, 1.82) is 0 Å². The fourth-order valence-corrected chi connectivity index (χ4v) is 2.82. The Kier molecular flexibility index (Phi) is 4.10. The maximum absolute atomic E-state index is 12.5. The van der Waals surface area contributed by atoms with Gasteiger partial charge in [-0.3, -0.25) is 9.48 Å². The molecule has 0 spiro atoms. The minimum absolute atomic E-state index is 0.234. The van der Waals surface area contributed by atoms with Crippen LogP contribution in [0.25, 0.3) is 5.65 Å². The molecule has 0 unspecified atom stereocenters. The molecule has 130 valence electrons. The van der Waals surface area contributed by atoms with E-state index in [4.69, 9.17) is 9.47 Å². The van der Waals surface area contributed by atoms with E-state index in [1.54, 1.807) is 17.1 Å². The lowest BCUT2D eigenvalue weighted by molar-refractivity contribution is 0.0899. The summed E-state index contributed by atoms with van der Waals surface area (Å²) in [6.45, 7) is 3.62. The number of nitrogens with one attached hydrogen (secondary N) is 1. The van der Waals surface area contributed by atoms with Crippen molar-refractivity contribution in [3.8, 4) is 5.75 Å². The van der Waals surface area contributed by atoms with Gasteiger partial charge in [-0.1, -0.05) is 6.07 Å². The highest BCUT2D eigenvalue weighted by atomic mass is 16.5. The third-order valence-corrected chi connectivity index (χ3v) is 4.16. The molecule has 25 heavy (non-hydrogen) atoms. The quantitative estimate of drug-likeness (QED) is 0.752. The molecular weight excluding hydrogens is 322 g/mol. The van der Waals surface area contributed by atoms with Gasteiger partial charge in [0.2, 0.25) is 0 Å². The largest absolute Gasteiger partial charge is 0.482 e. The van der Waals surface area contributed by atoms with Crippen molar-refractivity contribution >= 4 is 11.6 Å². The molecule has 3 aromatic rings. The Balaban J connectivity index is 1.44. The summed E-state index contributed by atoms with van der Waals surface area (Å²) in [5.74, 6) is 0.432. The van der Waals surface area contributed by atoms with Gasteiger partial charge in [-0.05, 0) is 19.1 Å². The lowest BCUT2D eigenvalue weighted by Crippen LogP contribution is -2.45. The molecule has 0 saturated carbocycles. The van der Waals surface area contributed by atoms with Crippen LogP contribution in [0.2, 0.25) is 0 Å². The summed E-state index contributed by atoms with van der Waals surface area (Å²) in [6.07, 6.45) is 6.81. The molecule has 2 atom stereocenters. The predicted octanol–water partition coefficient (Wildman–Crippen LogP) is 1.13. The summed E-state index contributed by atoms with van der Waals surface area (Å²) < 4.78 is 15.0. The van der Waals surface area contributed by atoms with Gasteiger partial charge in [0.15, 0.2) is 5.75 Å². The zero-order chi connectivity index (χ0) is 17.2. The standard InChI is InChI=1S/C17H19N5O3/c1-2-22-8-12(7-18-22)25-15-11-24-10-14(15)20-17(23)13-9-21-6-4-3-5-16(21)19-13/h3-9,14-15H,2,10-11H2,1H3,(H,20,23)/t14-,15+/m0/s1. The molecule has 8 heteroatoms. The van der Waals surface area contributed by atoms with Crippen LogP contribution in [0.5, 0.6) is 5.75 Å². The van der Waals surface area contributed by atoms with E-state index in [0.29, 0.717) is 24.7 Å². The fraction of sp³-hybridized carbons (Fsp3) is 0.353. The second-order valence-electron chi connectivity index (χ2n) is 5.90. The van der Waals surface area contributed by atoms with Gasteiger partial charge in [0.1, 0.15) is 17.4 Å². The van der Waals surface area contributed by atoms with Crippen LogP contribution in [0.1, 0.15) is 17.4 Å². The Bertz CT molecular complexity index is 854. The Labute approximate surface area is 144 Å². The van der Waals surface area contributed by atoms with E-state index in [9.17, 15) is 4.79 Å². The van der Waals surface area contributed by atoms with Gasteiger partial charge in [-0.2, -0.15) is 5.10 Å². The van der Waals surface area contributed by atoms with Crippen molar-refractivity contribution in [2.24, 2.45) is 0 Å². The van der Waals surface area contributed by atoms with Gasteiger partial charge in [-0.15, -0.1) is 0 Å². The average Bonchev–Trinajstić information content (AvgIpc) is 3.34. The summed E-state index contributed by atoms with van der Waals surface area (Å²) in [6, 6.07) is 5.39. The van der Waals surface area contributed by atoms with E-state index in [2.05, 4.69) is 15.4 Å². The number of nitrogens with zero attached hydrogens (tertiary/aromatic N) is 4. The summed E-state index contributed by atoms with van der Waals surface area (Å²) in [4.78, 5) is 16.8. The second-order valence-corrected chi connectivity index (χ2v) is 5.90. The van der Waals surface area contributed by atoms with E-state index >= 15 is 0 Å². The lowest BCUT2D eigenvalue weighted by atomic mass is 10.2. The third kappa shape index (κ3) is 3.20. The summed E-state index contributed by atoms with van der Waals surface area (Å²) in [5, 5.41) is 7.14. The molecule has 4 rings (SSSR count). The predicted molar refractivity (Wildman–Crippen MR) is 89.6 cm³/mol. The molecule has 1 saturated heterocycles. The van der Waals surface area contributed by atoms with Crippen molar-refractivity contribution in [1.82, 2.24) is 24.5 Å². The van der Waals surface area contributed by atoms with Gasteiger partial charge < -0.3 is 19.2 Å². The van der Waals surface area contributed by atoms with E-state index in [-0.39, 0.29) is 18.1 Å². The van der Waals surface area contributed by atoms with Crippen LogP contribution in [0.4, 0.5) is 0 Å². The molecule has 8 nitrogen and oxygen atoms in total. The minimum Gasteiger partial charge on any atom is -0.482 e. The van der Waals surface area contributed by atoms with Crippen molar-refractivity contribution < 1.29 is 14.3 Å². The number of hydrogen-bond donors (Lipinski definition) is 1. The van der Waals surface area contributed by atoms with Crippen LogP contribution in [0.15, 0.2) is 43.0 Å². The highest BCUT2D eigenvalue weighted by molar-refractivity contribution is 5.93. The second kappa shape index (κ2) is 6.56. The SMILES string of the molecule is CCn1cc(O[C@@H]2COC[C@@H]2NC(=O)c2cn3ccccc3n2)cn1. The Hall–Kier alpha value is -2.87. The number of rotatable bonds is 5. The number of carbonyl (C=O) groups is 1. The van der Waals surface area contributed by atoms with Gasteiger partial charge in [0.05, 0.1) is 31.6 Å². The normalized spacial score (nSPS) is 20.0. The number of aryl methyl sites for hydroxylation is 1. The zero-order valence-corrected chi connectivity index (χ0v) is 13.8. The van der Waals surface area contributed by atoms with E-state index < -0.39 is 0 Å². The van der Waals surface area contributed by atoms with Crippen LogP contribution < -0.4 is 10.1 Å². The Morgan fingerprint density at radius 1 is 1.40 bits per heavy atom.